The number of esters is 1. The van der Waals surface area contributed by atoms with Gasteiger partial charge in [-0.25, -0.2) is 14.8 Å². The molecule has 0 radical (unpaired) electrons. The Hall–Kier alpha value is -1.92. The van der Waals surface area contributed by atoms with Crippen molar-refractivity contribution in [1.82, 2.24) is 4.98 Å². The molecule has 0 spiro atoms. The Morgan fingerprint density at radius 3 is 2.87 bits per heavy atom. The molecular weight excluding hydrogens is 384 g/mol. The molecule has 3 rings (SSSR count). The van der Waals surface area contributed by atoms with Gasteiger partial charge in [0.05, 0.1) is 5.56 Å². The zero-order valence-corrected chi connectivity index (χ0v) is 14.3. The lowest BCUT2D eigenvalue weighted by Gasteiger charge is -2.07. The maximum absolute atomic E-state index is 12.0. The van der Waals surface area contributed by atoms with Crippen molar-refractivity contribution < 1.29 is 14.3 Å². The number of aliphatic imine (C=N–C) groups is 1. The standard InChI is InChI=1S/C16H12BrClN2O3/c17-11-5-3-10(4-6-11)15-20-12(8-22-15)9-23-16(21)13-2-1-7-19-14(13)18/h1-7,12H,8-9H2/t12-/m1/s1. The van der Waals surface area contributed by atoms with Crippen molar-refractivity contribution in [3.63, 3.8) is 0 Å². The van der Waals surface area contributed by atoms with E-state index in [1.54, 1.807) is 12.1 Å². The van der Waals surface area contributed by atoms with E-state index >= 15 is 0 Å². The second kappa shape index (κ2) is 7.10. The van der Waals surface area contributed by atoms with Crippen molar-refractivity contribution in [1.29, 1.82) is 0 Å². The highest BCUT2D eigenvalue weighted by Gasteiger charge is 2.22. The largest absolute Gasteiger partial charge is 0.475 e. The number of aromatic nitrogens is 1. The van der Waals surface area contributed by atoms with Gasteiger partial charge in [0.2, 0.25) is 5.90 Å². The Balaban J connectivity index is 1.60. The Morgan fingerprint density at radius 2 is 2.13 bits per heavy atom. The highest BCUT2D eigenvalue weighted by atomic mass is 79.9. The smallest absolute Gasteiger partial charge is 0.341 e. The number of halogens is 2. The minimum atomic E-state index is -0.518. The summed E-state index contributed by atoms with van der Waals surface area (Å²) in [6, 6.07) is 10.6. The highest BCUT2D eigenvalue weighted by molar-refractivity contribution is 9.10. The number of rotatable bonds is 4. The summed E-state index contributed by atoms with van der Waals surface area (Å²) in [5, 5.41) is 0.124. The van der Waals surface area contributed by atoms with Crippen LogP contribution in [-0.2, 0) is 9.47 Å². The van der Waals surface area contributed by atoms with E-state index in [0.717, 1.165) is 10.0 Å². The first-order chi connectivity index (χ1) is 11.1. The van der Waals surface area contributed by atoms with Crippen molar-refractivity contribution in [2.75, 3.05) is 13.2 Å². The summed E-state index contributed by atoms with van der Waals surface area (Å²) in [7, 11) is 0. The van der Waals surface area contributed by atoms with E-state index in [2.05, 4.69) is 25.9 Å². The molecule has 0 bridgehead atoms. The average Bonchev–Trinajstić information content (AvgIpc) is 3.03. The monoisotopic (exact) mass is 394 g/mol. The zero-order valence-electron chi connectivity index (χ0n) is 11.9. The van der Waals surface area contributed by atoms with Crippen molar-refractivity contribution in [2.45, 2.75) is 6.04 Å². The molecule has 118 valence electrons. The van der Waals surface area contributed by atoms with E-state index in [1.165, 1.54) is 6.20 Å². The third-order valence-electron chi connectivity index (χ3n) is 3.19. The van der Waals surface area contributed by atoms with E-state index in [1.807, 2.05) is 24.3 Å². The molecule has 7 heteroatoms. The van der Waals surface area contributed by atoms with E-state index in [0.29, 0.717) is 12.5 Å². The fourth-order valence-electron chi connectivity index (χ4n) is 2.04. The third kappa shape index (κ3) is 3.89. The molecule has 1 aromatic carbocycles. The Bertz CT molecular complexity index is 749. The van der Waals surface area contributed by atoms with Crippen molar-refractivity contribution >= 4 is 39.4 Å². The van der Waals surface area contributed by atoms with Gasteiger partial charge >= 0.3 is 5.97 Å². The van der Waals surface area contributed by atoms with Gasteiger partial charge in [0.15, 0.2) is 0 Å². The summed E-state index contributed by atoms with van der Waals surface area (Å²) in [6.07, 6.45) is 1.51. The normalized spacial score (nSPS) is 16.6. The summed E-state index contributed by atoms with van der Waals surface area (Å²) >= 11 is 9.24. The number of carbonyl (C=O) groups excluding carboxylic acids is 1. The SMILES string of the molecule is O=C(OC[C@H]1COC(c2ccc(Br)cc2)=N1)c1cccnc1Cl. The summed E-state index contributed by atoms with van der Waals surface area (Å²) in [5.74, 6) is 0.0355. The lowest BCUT2D eigenvalue weighted by Crippen LogP contribution is -2.18. The first kappa shape index (κ1) is 16.0. The van der Waals surface area contributed by atoms with Crippen LogP contribution in [0.3, 0.4) is 0 Å². The minimum absolute atomic E-state index is 0.124. The van der Waals surface area contributed by atoms with E-state index in [9.17, 15) is 4.79 Å². The Kier molecular flexibility index (Phi) is 4.93. The number of hydrogen-bond acceptors (Lipinski definition) is 5. The van der Waals surface area contributed by atoms with Gasteiger partial charge < -0.3 is 9.47 Å². The molecule has 1 aliphatic rings. The molecule has 5 nitrogen and oxygen atoms in total. The fraction of sp³-hybridized carbons (Fsp3) is 0.188. The quantitative estimate of drug-likeness (QED) is 0.587. The predicted octanol–water partition coefficient (Wildman–Crippen LogP) is 3.50. The van der Waals surface area contributed by atoms with Crippen LogP contribution in [0.1, 0.15) is 15.9 Å². The predicted molar refractivity (Wildman–Crippen MR) is 89.9 cm³/mol. The van der Waals surface area contributed by atoms with Crippen LogP contribution in [0.5, 0.6) is 0 Å². The van der Waals surface area contributed by atoms with Crippen LogP contribution in [0, 0.1) is 0 Å². The van der Waals surface area contributed by atoms with Crippen LogP contribution in [-0.4, -0.2) is 36.1 Å². The number of carbonyl (C=O) groups is 1. The Labute approximate surface area is 146 Å². The number of ether oxygens (including phenoxy) is 2. The lowest BCUT2D eigenvalue weighted by molar-refractivity contribution is 0.0472. The fourth-order valence-corrected chi connectivity index (χ4v) is 2.50. The lowest BCUT2D eigenvalue weighted by atomic mass is 10.2. The van der Waals surface area contributed by atoms with Crippen molar-refractivity contribution in [3.8, 4) is 0 Å². The molecule has 1 aromatic heterocycles. The molecule has 0 saturated heterocycles. The summed E-state index contributed by atoms with van der Waals surface area (Å²) < 4.78 is 11.8. The number of benzene rings is 1. The molecule has 0 fully saturated rings. The molecule has 1 atom stereocenters. The van der Waals surface area contributed by atoms with Gasteiger partial charge in [0.1, 0.15) is 24.4 Å². The average molecular weight is 396 g/mol. The van der Waals surface area contributed by atoms with Crippen LogP contribution in [0.2, 0.25) is 5.15 Å². The Morgan fingerprint density at radius 1 is 1.35 bits per heavy atom. The van der Waals surface area contributed by atoms with E-state index < -0.39 is 5.97 Å². The third-order valence-corrected chi connectivity index (χ3v) is 4.02. The summed E-state index contributed by atoms with van der Waals surface area (Å²) in [5.41, 5.74) is 1.13. The summed E-state index contributed by atoms with van der Waals surface area (Å²) in [6.45, 7) is 0.504. The first-order valence-electron chi connectivity index (χ1n) is 6.87. The second-order valence-electron chi connectivity index (χ2n) is 4.85. The van der Waals surface area contributed by atoms with Crippen molar-refractivity contribution in [3.05, 3.63) is 63.3 Å². The molecule has 2 heterocycles. The molecule has 0 aliphatic carbocycles. The topological polar surface area (TPSA) is 60.8 Å². The minimum Gasteiger partial charge on any atom is -0.475 e. The van der Waals surface area contributed by atoms with Crippen LogP contribution in [0.15, 0.2) is 52.1 Å². The van der Waals surface area contributed by atoms with Gasteiger partial charge in [-0.15, -0.1) is 0 Å². The van der Waals surface area contributed by atoms with Crippen LogP contribution in [0.4, 0.5) is 0 Å². The van der Waals surface area contributed by atoms with Gasteiger partial charge in [0.25, 0.3) is 0 Å². The molecule has 0 saturated carbocycles. The van der Waals surface area contributed by atoms with Gasteiger partial charge in [-0.3, -0.25) is 0 Å². The molecular formula is C16H12BrClN2O3. The maximum atomic E-state index is 12.0. The summed E-state index contributed by atoms with van der Waals surface area (Å²) in [4.78, 5) is 20.2. The van der Waals surface area contributed by atoms with Crippen LogP contribution in [0.25, 0.3) is 0 Å². The van der Waals surface area contributed by atoms with Gasteiger partial charge in [-0.2, -0.15) is 0 Å². The van der Waals surface area contributed by atoms with Crippen molar-refractivity contribution in [2.24, 2.45) is 4.99 Å². The number of hydrogen-bond donors (Lipinski definition) is 0. The molecule has 2 aromatic rings. The molecule has 0 unspecified atom stereocenters. The van der Waals surface area contributed by atoms with E-state index in [4.69, 9.17) is 21.1 Å². The molecule has 0 N–H and O–H groups in total. The number of pyridine rings is 1. The molecule has 23 heavy (non-hydrogen) atoms. The zero-order chi connectivity index (χ0) is 16.2. The first-order valence-corrected chi connectivity index (χ1v) is 8.05. The van der Waals surface area contributed by atoms with Gasteiger partial charge in [-0.1, -0.05) is 27.5 Å². The van der Waals surface area contributed by atoms with E-state index in [-0.39, 0.29) is 23.4 Å². The number of nitrogens with zero attached hydrogens (tertiary/aromatic N) is 2. The second-order valence-corrected chi connectivity index (χ2v) is 6.12. The van der Waals surface area contributed by atoms with Gasteiger partial charge in [0, 0.05) is 16.2 Å². The highest BCUT2D eigenvalue weighted by Crippen LogP contribution is 2.17. The van der Waals surface area contributed by atoms with Crippen LogP contribution < -0.4 is 0 Å². The maximum Gasteiger partial charge on any atom is 0.341 e. The molecule has 1 aliphatic heterocycles. The molecule has 0 amide bonds. The van der Waals surface area contributed by atoms with Gasteiger partial charge in [-0.05, 0) is 36.4 Å². The van der Waals surface area contributed by atoms with Crippen LogP contribution >= 0.6 is 27.5 Å².